The van der Waals surface area contributed by atoms with Gasteiger partial charge in [-0.15, -0.1) is 0 Å². The normalized spacial score (nSPS) is 26.4. The predicted molar refractivity (Wildman–Crippen MR) is 517 cm³/mol. The van der Waals surface area contributed by atoms with Crippen LogP contribution in [0.3, 0.4) is 0 Å². The number of esters is 1. The van der Waals surface area contributed by atoms with Crippen LogP contribution in [-0.4, -0.2) is 312 Å². The van der Waals surface area contributed by atoms with Crippen LogP contribution in [0.4, 0.5) is 28.5 Å². The minimum atomic E-state index is -2.52. The molecule has 140 heavy (non-hydrogen) atoms. The highest BCUT2D eigenvalue weighted by molar-refractivity contribution is 6.39. The number of aliphatic hydroxyl groups excluding tert-OH is 2. The number of carbonyl (C=O) groups is 9. The number of nitrogens with two attached hydrogens (primary N) is 3. The van der Waals surface area contributed by atoms with E-state index >= 15 is 0 Å². The number of hydrogen-bond donors (Lipinski definition) is 8. The van der Waals surface area contributed by atoms with E-state index in [2.05, 4.69) is 67.5 Å². The zero-order chi connectivity index (χ0) is 99.4. The summed E-state index contributed by atoms with van der Waals surface area (Å²) in [5.74, 6) is -8.43. The minimum absolute atomic E-state index is 0.0147. The van der Waals surface area contributed by atoms with Gasteiger partial charge in [-0.2, -0.15) is 10.1 Å². The number of ether oxygens (including phenoxy) is 7. The summed E-state index contributed by atoms with van der Waals surface area (Å²) in [4.78, 5) is 168. The second-order valence-corrected chi connectivity index (χ2v) is 38.0. The summed E-state index contributed by atoms with van der Waals surface area (Å²) in [5, 5.41) is 45.8. The second kappa shape index (κ2) is 48.5. The number of Topliss-reactive ketones (excluding diaryl/α,β-unsaturated/α-hetero) is 3. The molecule has 2 bridgehead atoms. The molecule has 4 saturated heterocycles. The van der Waals surface area contributed by atoms with Crippen molar-refractivity contribution in [2.75, 3.05) is 140 Å². The maximum atomic E-state index is 14.7. The third-order valence-electron chi connectivity index (χ3n) is 28.0. The van der Waals surface area contributed by atoms with Gasteiger partial charge in [0, 0.05) is 185 Å². The van der Waals surface area contributed by atoms with E-state index < -0.39 is 120 Å². The Morgan fingerprint density at radius 2 is 1.44 bits per heavy atom. The number of piperidine rings is 1. The lowest BCUT2D eigenvalue weighted by Crippen LogP contribution is -2.61. The van der Waals surface area contributed by atoms with E-state index in [-0.39, 0.29) is 106 Å². The number of fused-ring (bicyclic) bond motifs is 6. The Morgan fingerprint density at radius 1 is 0.700 bits per heavy atom. The highest BCUT2D eigenvalue weighted by atomic mass is 16.6. The summed E-state index contributed by atoms with van der Waals surface area (Å²) >= 11 is 0. The Kier molecular flexibility index (Phi) is 35.9. The van der Waals surface area contributed by atoms with Crippen molar-refractivity contribution in [2.45, 2.75) is 218 Å². The number of benzene rings is 2. The van der Waals surface area contributed by atoms with Gasteiger partial charge in [-0.05, 0) is 142 Å². The Bertz CT molecular complexity index is 5620. The molecule has 1 saturated carbocycles. The van der Waals surface area contributed by atoms with Crippen LogP contribution in [-0.2, 0) is 92.8 Å². The monoisotopic (exact) mass is 1940 g/mol. The topological polar surface area (TPSA) is 522 Å². The lowest BCUT2D eigenvalue weighted by Gasteiger charge is -2.42. The smallest absolute Gasteiger partial charge is 0.407 e. The number of nitrogen functional groups attached to an aromatic ring is 2. The number of aromatic nitrogens is 9. The Balaban J connectivity index is 0.459. The molecule has 2 aromatic carbocycles. The van der Waals surface area contributed by atoms with Crippen molar-refractivity contribution in [3.05, 3.63) is 143 Å². The highest BCUT2D eigenvalue weighted by Gasteiger charge is 2.54. The maximum absolute atomic E-state index is 14.7. The summed E-state index contributed by atoms with van der Waals surface area (Å²) in [6, 6.07) is 9.59. The Labute approximate surface area is 813 Å². The van der Waals surface area contributed by atoms with E-state index in [0.717, 1.165) is 45.8 Å². The molecule has 15 atom stereocenters. The molecule has 1 aliphatic carbocycles. The number of ketones is 3. The number of allylic oxidation sites excluding steroid dienone is 6. The standard InChI is InChI=1S/C100H134N20O20/c1-60-14-10-9-11-15-61(2)80(133-7)50-73-22-17-65(6)100(132,140-73)90(127)94(129)119-29-13-12-16-76(119)95(130)137-81(51-77(121)62(3)45-64(5)88(125)89(126)87(124)63(4)44-60)74(101)47-66-19-23-79(82(48-66)134-8)139-99(131)104-28-42-135-40-26-83(122)105-52-68-53-106-97(107-54-68)117-37-35-115(36-38-117)84(123)27-41-136-43-39-114-31-33-116(34-32-114)98-108-55-72(56-109-98)93(128)118-30-25-69-46-67(18-20-71(69)58-118)57-120-92-85(91(102)110-59-111-92)86(113-120)70-21-24-78-75(49-70)112-96(103)138-78/h9-11,14-15,18,20-21,24,45-46,49,53-56,59-60,62-63,65-66,73-74,76,79-82,88-89,125-126,132H,12-13,16-17,19,22-23,25-44,47-48,50-52,57-58,101H2,1-8H3,(H2,103,112)(H,104,131)(H,105,122)(H2,102,110,111)/b11-9?,14-10+,61-15?,64-45+/t60-,62-,63-,65-,66+,73+,74-,76+,79-,80+,81+,82-,88-,89+,100-/m1/s1. The Hall–Kier alpha value is -12.0. The van der Waals surface area contributed by atoms with E-state index in [4.69, 9.17) is 59.9 Å². The largest absolute Gasteiger partial charge is 0.459 e. The number of rotatable bonds is 26. The molecule has 754 valence electrons. The first-order valence-electron chi connectivity index (χ1n) is 48.8. The molecule has 14 rings (SSSR count). The van der Waals surface area contributed by atoms with Crippen LogP contribution in [0.1, 0.15) is 164 Å². The molecule has 40 nitrogen and oxygen atoms in total. The molecular formula is C100H134N20O20. The number of nitrogens with zero attached hydrogens (tertiary/aromatic N) is 15. The van der Waals surface area contributed by atoms with Gasteiger partial charge in [-0.25, -0.2) is 44.2 Å². The number of amides is 5. The molecule has 6 aliphatic heterocycles. The average Bonchev–Trinajstić information content (AvgIpc) is 1.63. The number of anilines is 4. The zero-order valence-corrected chi connectivity index (χ0v) is 81.2. The summed E-state index contributed by atoms with van der Waals surface area (Å²) in [5.41, 5.74) is 27.8. The van der Waals surface area contributed by atoms with Gasteiger partial charge < -0.3 is 105 Å². The van der Waals surface area contributed by atoms with E-state index in [9.17, 15) is 58.5 Å². The number of carbonyl (C=O) groups excluding carboxylic acids is 9. The zero-order valence-electron chi connectivity index (χ0n) is 81.2. The average molecular weight is 1940 g/mol. The van der Waals surface area contributed by atoms with Crippen molar-refractivity contribution >= 4 is 98.9 Å². The first-order valence-corrected chi connectivity index (χ1v) is 48.8. The minimum Gasteiger partial charge on any atom is -0.459 e. The van der Waals surface area contributed by atoms with Gasteiger partial charge in [0.25, 0.3) is 23.6 Å². The quantitative estimate of drug-likeness (QED) is 0.0124. The fourth-order valence-corrected chi connectivity index (χ4v) is 19.6. The van der Waals surface area contributed by atoms with Crippen LogP contribution in [0.25, 0.3) is 33.4 Å². The van der Waals surface area contributed by atoms with Crippen molar-refractivity contribution < 1.29 is 96.0 Å². The summed E-state index contributed by atoms with van der Waals surface area (Å²) in [7, 11) is 3.04. The maximum Gasteiger partial charge on any atom is 0.407 e. The van der Waals surface area contributed by atoms with Gasteiger partial charge in [0.2, 0.25) is 29.5 Å². The molecule has 7 aliphatic rings. The molecular weight excluding hydrogens is 1800 g/mol. The van der Waals surface area contributed by atoms with Gasteiger partial charge >= 0.3 is 12.1 Å². The van der Waals surface area contributed by atoms with Gasteiger partial charge in [-0.1, -0.05) is 82.4 Å². The van der Waals surface area contributed by atoms with Crippen LogP contribution in [0.2, 0.25) is 0 Å². The van der Waals surface area contributed by atoms with Crippen LogP contribution in [0.15, 0.2) is 120 Å². The SMILES string of the molecule is CO[C@H]1C[C@@H]2CC[C@@H](C)[C@@](O)(O2)C(=O)C(=O)N2CCCC[C@H]2C(=O)O[C@H]([C@H](N)C[C@@H]2CC[C@@H](OC(=O)NCCOCCC(=O)NCc3cnc(N4CCN(C(=O)CCOCCN5CCN(c6ncc(C(=O)N7CCc8cc(Cn9nc(-c%10ccc%11oc(N)nc%11c%10)c%10c(N)ncnc%109)ccc8C7)cn6)CC5)CC4)nc3)[C@H](OC)C2)CC(=O)[C@H](C)/C=C(\C)[C@@H](O)[C@@H](O)C(=O)[C@H](C)C[C@H](C)/C=C/C=CC=C1C. The summed E-state index contributed by atoms with van der Waals surface area (Å²) in [6.07, 6.45) is 15.3. The summed E-state index contributed by atoms with van der Waals surface area (Å²) < 4.78 is 49.0. The van der Waals surface area contributed by atoms with E-state index in [1.54, 1.807) is 58.7 Å². The first kappa shape index (κ1) is 104. The van der Waals surface area contributed by atoms with Gasteiger partial charge in [0.15, 0.2) is 17.0 Å². The first-order chi connectivity index (χ1) is 67.4. The van der Waals surface area contributed by atoms with Crippen molar-refractivity contribution in [2.24, 2.45) is 35.3 Å². The van der Waals surface area contributed by atoms with Crippen LogP contribution >= 0.6 is 0 Å². The van der Waals surface area contributed by atoms with Gasteiger partial charge in [0.05, 0.1) is 68.7 Å². The van der Waals surface area contributed by atoms with E-state index in [1.807, 2.05) is 81.8 Å². The van der Waals surface area contributed by atoms with E-state index in [0.29, 0.717) is 193 Å². The van der Waals surface area contributed by atoms with Crippen molar-refractivity contribution in [3.63, 3.8) is 0 Å². The van der Waals surface area contributed by atoms with Crippen LogP contribution < -0.4 is 37.6 Å². The molecule has 11 heterocycles. The third-order valence-corrected chi connectivity index (χ3v) is 28.0. The third kappa shape index (κ3) is 26.4. The number of hydrogen-bond acceptors (Lipinski definition) is 34. The molecule has 40 heteroatoms. The molecule has 0 spiro atoms. The van der Waals surface area contributed by atoms with Gasteiger partial charge in [0.1, 0.15) is 59.6 Å². The molecule has 5 amide bonds. The van der Waals surface area contributed by atoms with Crippen molar-refractivity contribution in [3.8, 4) is 11.3 Å². The number of alkyl carbamates (subject to hydrolysis) is 1. The highest BCUT2D eigenvalue weighted by Crippen LogP contribution is 2.40. The molecule has 7 aromatic rings. The van der Waals surface area contributed by atoms with Gasteiger partial charge in [-0.3, -0.25) is 38.5 Å². The molecule has 11 N–H and O–H groups in total. The predicted octanol–water partition coefficient (Wildman–Crippen LogP) is 6.49. The fraction of sp³-hybridized carbons (Fsp3) is 0.570. The Morgan fingerprint density at radius 3 is 2.19 bits per heavy atom. The molecule has 0 radical (unpaired) electrons. The number of cyclic esters (lactones) is 1. The molecule has 0 unspecified atom stereocenters. The molecule has 5 fully saturated rings. The van der Waals surface area contributed by atoms with Crippen molar-refractivity contribution in [1.82, 2.24) is 74.9 Å². The van der Waals surface area contributed by atoms with E-state index in [1.165, 1.54) is 26.4 Å². The lowest BCUT2D eigenvalue weighted by atomic mass is 9.80. The number of methoxy groups -OCH3 is 2. The second-order valence-electron chi connectivity index (χ2n) is 38.0. The fourth-order valence-electron chi connectivity index (χ4n) is 19.6. The lowest BCUT2D eigenvalue weighted by molar-refractivity contribution is -0.265. The van der Waals surface area contributed by atoms with Crippen LogP contribution in [0, 0.1) is 29.6 Å². The summed E-state index contributed by atoms with van der Waals surface area (Å²) in [6.45, 7) is 18.6. The van der Waals surface area contributed by atoms with Crippen LogP contribution in [0.5, 0.6) is 0 Å². The number of aliphatic hydroxyl groups is 3. The van der Waals surface area contributed by atoms with Crippen molar-refractivity contribution in [1.29, 1.82) is 0 Å². The number of nitrogens with one attached hydrogen (secondary N) is 2. The number of piperazine rings is 2. The number of oxazole rings is 1. The molecule has 5 aromatic heterocycles.